The van der Waals surface area contributed by atoms with Gasteiger partial charge in [0.05, 0.1) is 15.6 Å². The van der Waals surface area contributed by atoms with Crippen LogP contribution in [0.3, 0.4) is 0 Å². The summed E-state index contributed by atoms with van der Waals surface area (Å²) in [6.07, 6.45) is 0.587. The van der Waals surface area contributed by atoms with Gasteiger partial charge in [0.25, 0.3) is 5.91 Å². The molecule has 2 N–H and O–H groups in total. The van der Waals surface area contributed by atoms with Gasteiger partial charge in [0, 0.05) is 38.3 Å². The molecule has 0 bridgehead atoms. The lowest BCUT2D eigenvalue weighted by Gasteiger charge is -2.37. The van der Waals surface area contributed by atoms with E-state index < -0.39 is 0 Å². The first-order chi connectivity index (χ1) is 14.3. The molecule has 9 heteroatoms. The van der Waals surface area contributed by atoms with Gasteiger partial charge in [-0.3, -0.25) is 14.9 Å². The van der Waals surface area contributed by atoms with Crippen molar-refractivity contribution in [2.75, 3.05) is 36.4 Å². The molecule has 1 fully saturated rings. The Hall–Kier alpha value is -2.16. The van der Waals surface area contributed by atoms with Crippen LogP contribution in [-0.2, 0) is 4.79 Å². The number of amides is 2. The maximum Gasteiger partial charge on any atom is 0.267 e. The number of carbonyl (C=O) groups excluding carboxylic acids is 2. The maximum absolute atomic E-state index is 12.2. The molecule has 1 saturated heterocycles. The quantitative estimate of drug-likeness (QED) is 0.648. The van der Waals surface area contributed by atoms with E-state index in [-0.39, 0.29) is 16.9 Å². The molecule has 0 unspecified atom stereocenters. The van der Waals surface area contributed by atoms with Crippen molar-refractivity contribution in [1.82, 2.24) is 10.2 Å². The molecule has 0 radical (unpaired) electrons. The predicted molar refractivity (Wildman–Crippen MR) is 128 cm³/mol. The van der Waals surface area contributed by atoms with Crippen molar-refractivity contribution >= 4 is 63.5 Å². The average molecular weight is 465 g/mol. The molecule has 2 heterocycles. The molecule has 1 aliphatic heterocycles. The van der Waals surface area contributed by atoms with Crippen LogP contribution < -0.4 is 15.5 Å². The van der Waals surface area contributed by atoms with Gasteiger partial charge >= 0.3 is 0 Å². The monoisotopic (exact) mass is 464 g/mol. The van der Waals surface area contributed by atoms with Crippen molar-refractivity contribution in [2.45, 2.75) is 20.3 Å². The Morgan fingerprint density at radius 2 is 1.93 bits per heavy atom. The van der Waals surface area contributed by atoms with Crippen LogP contribution in [0, 0.1) is 5.92 Å². The lowest BCUT2D eigenvalue weighted by Crippen LogP contribution is -2.49. The van der Waals surface area contributed by atoms with Crippen molar-refractivity contribution < 1.29 is 9.59 Å². The van der Waals surface area contributed by atoms with E-state index in [4.69, 9.17) is 23.8 Å². The second kappa shape index (κ2) is 10.2. The minimum atomic E-state index is -0.241. The molecule has 2 aromatic rings. The van der Waals surface area contributed by atoms with E-state index in [1.54, 1.807) is 12.1 Å². The third-order valence-corrected chi connectivity index (χ3v) is 6.11. The highest BCUT2D eigenvalue weighted by Gasteiger charge is 2.23. The average Bonchev–Trinajstić information content (AvgIpc) is 3.22. The number of benzene rings is 1. The first kappa shape index (κ1) is 22.5. The normalized spacial score (nSPS) is 14.0. The van der Waals surface area contributed by atoms with E-state index in [2.05, 4.69) is 29.4 Å². The number of thiocarbonyl (C=S) groups is 1. The van der Waals surface area contributed by atoms with Crippen molar-refractivity contribution in [1.29, 1.82) is 0 Å². The smallest absolute Gasteiger partial charge is 0.267 e. The lowest BCUT2D eigenvalue weighted by molar-refractivity contribution is -0.132. The Labute approximate surface area is 191 Å². The summed E-state index contributed by atoms with van der Waals surface area (Å²) in [6, 6.07) is 9.15. The van der Waals surface area contributed by atoms with Gasteiger partial charge in [-0.1, -0.05) is 31.5 Å². The Balaban J connectivity index is 1.55. The van der Waals surface area contributed by atoms with Crippen LogP contribution in [0.4, 0.5) is 11.4 Å². The van der Waals surface area contributed by atoms with Gasteiger partial charge in [-0.25, -0.2) is 0 Å². The van der Waals surface area contributed by atoms with Gasteiger partial charge < -0.3 is 15.1 Å². The lowest BCUT2D eigenvalue weighted by atomic mass is 10.1. The molecule has 1 aromatic heterocycles. The zero-order valence-corrected chi connectivity index (χ0v) is 19.4. The largest absolute Gasteiger partial charge is 0.367 e. The molecule has 0 spiro atoms. The van der Waals surface area contributed by atoms with Crippen LogP contribution in [0.1, 0.15) is 29.9 Å². The highest BCUT2D eigenvalue weighted by atomic mass is 35.5. The molecule has 0 aliphatic carbocycles. The number of hydrogen-bond acceptors (Lipinski definition) is 5. The summed E-state index contributed by atoms with van der Waals surface area (Å²) < 4.78 is 0. The Bertz CT molecular complexity index is 910. The number of nitrogens with one attached hydrogen (secondary N) is 2. The second-order valence-electron chi connectivity index (χ2n) is 7.52. The molecule has 6 nitrogen and oxygen atoms in total. The summed E-state index contributed by atoms with van der Waals surface area (Å²) >= 11 is 13.1. The maximum atomic E-state index is 12.2. The van der Waals surface area contributed by atoms with Gasteiger partial charge in [0.2, 0.25) is 5.91 Å². The Morgan fingerprint density at radius 3 is 2.53 bits per heavy atom. The van der Waals surface area contributed by atoms with Gasteiger partial charge in [0.1, 0.15) is 0 Å². The van der Waals surface area contributed by atoms with Crippen LogP contribution in [0.2, 0.25) is 5.02 Å². The Morgan fingerprint density at radius 1 is 1.20 bits per heavy atom. The summed E-state index contributed by atoms with van der Waals surface area (Å²) in [7, 11) is 0. The first-order valence-electron chi connectivity index (χ1n) is 9.81. The highest BCUT2D eigenvalue weighted by molar-refractivity contribution is 7.80. The molecule has 2 amide bonds. The van der Waals surface area contributed by atoms with E-state index in [0.717, 1.165) is 18.8 Å². The van der Waals surface area contributed by atoms with Gasteiger partial charge in [0.15, 0.2) is 5.11 Å². The molecule has 3 rings (SSSR count). The molecule has 1 aromatic carbocycles. The van der Waals surface area contributed by atoms with E-state index in [1.165, 1.54) is 11.3 Å². The summed E-state index contributed by atoms with van der Waals surface area (Å²) in [5, 5.41) is 8.30. The van der Waals surface area contributed by atoms with E-state index in [1.807, 2.05) is 28.5 Å². The van der Waals surface area contributed by atoms with Gasteiger partial charge in [-0.15, -0.1) is 11.3 Å². The summed E-state index contributed by atoms with van der Waals surface area (Å²) in [5.74, 6) is 0.342. The summed E-state index contributed by atoms with van der Waals surface area (Å²) in [4.78, 5) is 29.0. The van der Waals surface area contributed by atoms with E-state index in [9.17, 15) is 9.59 Å². The number of hydrogen-bond donors (Lipinski definition) is 2. The van der Waals surface area contributed by atoms with Crippen molar-refractivity contribution in [2.24, 2.45) is 5.92 Å². The second-order valence-corrected chi connectivity index (χ2v) is 9.28. The fourth-order valence-electron chi connectivity index (χ4n) is 3.25. The Kier molecular flexibility index (Phi) is 7.69. The minimum absolute atomic E-state index is 0.216. The van der Waals surface area contributed by atoms with Crippen molar-refractivity contribution in [3.63, 3.8) is 0 Å². The predicted octanol–water partition coefficient (Wildman–Crippen LogP) is 4.22. The van der Waals surface area contributed by atoms with Crippen LogP contribution in [0.25, 0.3) is 0 Å². The van der Waals surface area contributed by atoms with Crippen molar-refractivity contribution in [3.8, 4) is 0 Å². The molecule has 0 atom stereocenters. The number of nitrogens with zero attached hydrogens (tertiary/aromatic N) is 2. The van der Waals surface area contributed by atoms with Gasteiger partial charge in [-0.2, -0.15) is 0 Å². The zero-order chi connectivity index (χ0) is 21.7. The molecule has 0 saturated carbocycles. The summed E-state index contributed by atoms with van der Waals surface area (Å²) in [6.45, 7) is 6.99. The number of halogens is 1. The molecular formula is C21H25ClN4O2S2. The van der Waals surface area contributed by atoms with E-state index in [0.29, 0.717) is 41.0 Å². The molecule has 160 valence electrons. The minimum Gasteiger partial charge on any atom is -0.367 e. The zero-order valence-electron chi connectivity index (χ0n) is 17.0. The SMILES string of the molecule is CC(C)CC(=O)N1CCN(c2ccc(NC(=S)NC(=O)c3cccs3)cc2Cl)CC1. The van der Waals surface area contributed by atoms with Crippen LogP contribution in [0.5, 0.6) is 0 Å². The van der Waals surface area contributed by atoms with Gasteiger partial charge in [-0.05, 0) is 47.8 Å². The van der Waals surface area contributed by atoms with E-state index >= 15 is 0 Å². The number of carbonyl (C=O) groups is 2. The fourth-order valence-corrected chi connectivity index (χ4v) is 4.38. The van der Waals surface area contributed by atoms with Crippen LogP contribution in [-0.4, -0.2) is 48.0 Å². The summed E-state index contributed by atoms with van der Waals surface area (Å²) in [5.41, 5.74) is 1.62. The third kappa shape index (κ3) is 5.93. The number of thiophene rings is 1. The van der Waals surface area contributed by atoms with Crippen LogP contribution >= 0.6 is 35.2 Å². The van der Waals surface area contributed by atoms with Crippen molar-refractivity contribution in [3.05, 3.63) is 45.6 Å². The standard InChI is InChI=1S/C21H25ClN4O2S2/c1-14(2)12-19(27)26-9-7-25(8-10-26)17-6-5-15(13-16(17)22)23-21(29)24-20(28)18-4-3-11-30-18/h3-6,11,13-14H,7-10,12H2,1-2H3,(H2,23,24,28,29). The number of anilines is 2. The molecular weight excluding hydrogens is 440 g/mol. The fraction of sp³-hybridized carbons (Fsp3) is 0.381. The number of rotatable bonds is 5. The molecule has 30 heavy (non-hydrogen) atoms. The highest BCUT2D eigenvalue weighted by Crippen LogP contribution is 2.30. The molecule has 1 aliphatic rings. The van der Waals surface area contributed by atoms with Crippen LogP contribution in [0.15, 0.2) is 35.7 Å². The number of piperazine rings is 1. The third-order valence-electron chi connectivity index (χ3n) is 4.73. The topological polar surface area (TPSA) is 64.7 Å². The first-order valence-corrected chi connectivity index (χ1v) is 11.5.